The zero-order valence-electron chi connectivity index (χ0n) is 27.2. The Morgan fingerprint density at radius 1 is 1.24 bits per heavy atom. The summed E-state index contributed by atoms with van der Waals surface area (Å²) in [5.74, 6) is -0.306. The Morgan fingerprint density at radius 2 is 2.02 bits per heavy atom. The zero-order chi connectivity index (χ0) is 33.2. The molecule has 1 spiro atoms. The summed E-state index contributed by atoms with van der Waals surface area (Å²) in [5.41, 5.74) is 0.921. The van der Waals surface area contributed by atoms with Crippen LogP contribution in [0.2, 0.25) is 5.02 Å². The third-order valence-corrected chi connectivity index (χ3v) is 10.7. The number of hydrogen-bond donors (Lipinski definition) is 2. The summed E-state index contributed by atoms with van der Waals surface area (Å²) in [6, 6.07) is 11.3. The maximum Gasteiger partial charge on any atom is 0.343 e. The fourth-order valence-electron chi connectivity index (χ4n) is 7.52. The summed E-state index contributed by atoms with van der Waals surface area (Å²) in [5, 5.41) is 23.3. The van der Waals surface area contributed by atoms with E-state index in [0.29, 0.717) is 37.0 Å². The number of fused-ring (bicyclic) bond motifs is 3. The van der Waals surface area contributed by atoms with Gasteiger partial charge in [-0.15, -0.1) is 13.2 Å². The number of esters is 1. The van der Waals surface area contributed by atoms with Crippen LogP contribution in [0.4, 0.5) is 5.69 Å². The van der Waals surface area contributed by atoms with E-state index in [1.54, 1.807) is 37.4 Å². The average molecular weight is 651 g/mol. The molecule has 0 bridgehead atoms. The molecule has 1 fully saturated rings. The van der Waals surface area contributed by atoms with Gasteiger partial charge in [0.15, 0.2) is 5.60 Å². The second-order valence-corrected chi connectivity index (χ2v) is 14.0. The van der Waals surface area contributed by atoms with Crippen LogP contribution >= 0.6 is 11.6 Å². The monoisotopic (exact) mass is 650 g/mol. The van der Waals surface area contributed by atoms with E-state index in [4.69, 9.17) is 21.1 Å². The lowest BCUT2D eigenvalue weighted by atomic mass is 9.68. The normalized spacial score (nSPS) is 24.5. The molecule has 1 aliphatic heterocycles. The van der Waals surface area contributed by atoms with Crippen molar-refractivity contribution >= 4 is 29.2 Å². The predicted octanol–water partition coefficient (Wildman–Crippen LogP) is 5.42. The minimum atomic E-state index is -2.21. The summed E-state index contributed by atoms with van der Waals surface area (Å²) >= 11 is 6.41. The number of amides is 1. The van der Waals surface area contributed by atoms with Gasteiger partial charge >= 0.3 is 5.97 Å². The van der Waals surface area contributed by atoms with Crippen molar-refractivity contribution in [1.82, 2.24) is 4.90 Å². The summed E-state index contributed by atoms with van der Waals surface area (Å²) in [7, 11) is 2.85. The van der Waals surface area contributed by atoms with Gasteiger partial charge in [0.05, 0.1) is 31.9 Å². The third-order valence-electron chi connectivity index (χ3n) is 10.4. The minimum Gasteiger partial charge on any atom is -0.490 e. The molecule has 0 saturated heterocycles. The van der Waals surface area contributed by atoms with Crippen LogP contribution in [0.15, 0.2) is 61.7 Å². The van der Waals surface area contributed by atoms with Crippen LogP contribution < -0.4 is 9.64 Å². The fourth-order valence-corrected chi connectivity index (χ4v) is 7.72. The van der Waals surface area contributed by atoms with Crippen LogP contribution in [0, 0.1) is 17.8 Å². The summed E-state index contributed by atoms with van der Waals surface area (Å²) in [6.07, 6.45) is 7.06. The minimum absolute atomic E-state index is 0.0431. The highest BCUT2D eigenvalue weighted by molar-refractivity contribution is 6.30. The molecule has 0 radical (unpaired) electrons. The molecule has 0 unspecified atom stereocenters. The topological polar surface area (TPSA) is 99.5 Å². The molecule has 2 aliphatic carbocycles. The molecule has 9 heteroatoms. The number of hydrogen-bond acceptors (Lipinski definition) is 7. The number of aryl methyl sites for hydroxylation is 1. The first-order valence-corrected chi connectivity index (χ1v) is 16.6. The second kappa shape index (κ2) is 13.8. The molecule has 1 heterocycles. The highest BCUT2D eigenvalue weighted by atomic mass is 35.5. The fraction of sp³-hybridized carbons (Fsp3) is 0.514. The van der Waals surface area contributed by atoms with Gasteiger partial charge in [0.1, 0.15) is 5.75 Å². The molecular formula is C37H47ClN2O6. The lowest BCUT2D eigenvalue weighted by Crippen LogP contribution is -2.49. The van der Waals surface area contributed by atoms with Crippen LogP contribution in [0.1, 0.15) is 55.7 Å². The van der Waals surface area contributed by atoms with E-state index in [9.17, 15) is 19.8 Å². The number of aliphatic hydroxyl groups excluding tert-OH is 1. The first-order valence-electron chi connectivity index (χ1n) is 16.2. The van der Waals surface area contributed by atoms with E-state index in [1.165, 1.54) is 23.1 Å². The standard InChI is InChI=1S/C37H47ClN2O6/c1-6-24(3)20-39(4)34(42)19-37(44,35(43)45-5)27-11-15-33-31(18-27)40(21-26-10-13-29(26)32(41)7-2)22-36(23-46-33)16-8-9-25-17-28(38)12-14-30(25)36/h6-7,11-12,14-15,17-18,24,26,29,32,41,44H,1-2,8-10,13,16,19-23H2,3-5H3/t24-,26-,29+,32-,36-,37+/m0/s1. The van der Waals surface area contributed by atoms with E-state index in [1.807, 2.05) is 13.0 Å². The van der Waals surface area contributed by atoms with Gasteiger partial charge in [0.2, 0.25) is 5.91 Å². The molecule has 0 aromatic heterocycles. The maximum atomic E-state index is 13.3. The molecule has 5 rings (SSSR count). The van der Waals surface area contributed by atoms with Crippen molar-refractivity contribution in [1.29, 1.82) is 0 Å². The van der Waals surface area contributed by atoms with Crippen molar-refractivity contribution in [3.63, 3.8) is 0 Å². The van der Waals surface area contributed by atoms with E-state index < -0.39 is 30.0 Å². The van der Waals surface area contributed by atoms with Crippen molar-refractivity contribution in [2.75, 3.05) is 45.3 Å². The Kier molecular flexibility index (Phi) is 10.2. The molecule has 3 aliphatic rings. The number of carbonyl (C=O) groups is 2. The number of rotatable bonds is 11. The second-order valence-electron chi connectivity index (χ2n) is 13.5. The number of aliphatic hydroxyl groups is 2. The molecule has 2 N–H and O–H groups in total. The summed E-state index contributed by atoms with van der Waals surface area (Å²) in [6.45, 7) is 11.7. The largest absolute Gasteiger partial charge is 0.490 e. The Balaban J connectivity index is 1.55. The Morgan fingerprint density at radius 3 is 2.70 bits per heavy atom. The van der Waals surface area contributed by atoms with Crippen LogP contribution in [-0.4, -0.2) is 73.5 Å². The lowest BCUT2D eigenvalue weighted by Gasteiger charge is -2.45. The van der Waals surface area contributed by atoms with E-state index in [-0.39, 0.29) is 28.7 Å². The number of anilines is 1. The van der Waals surface area contributed by atoms with Crippen molar-refractivity contribution in [3.8, 4) is 5.75 Å². The van der Waals surface area contributed by atoms with E-state index in [2.05, 4.69) is 30.2 Å². The lowest BCUT2D eigenvalue weighted by molar-refractivity contribution is -0.168. The van der Waals surface area contributed by atoms with Crippen molar-refractivity contribution in [3.05, 3.63) is 83.4 Å². The highest BCUT2D eigenvalue weighted by Crippen LogP contribution is 2.47. The Bertz CT molecular complexity index is 1480. The molecule has 8 nitrogen and oxygen atoms in total. The van der Waals surface area contributed by atoms with Crippen molar-refractivity contribution < 1.29 is 29.3 Å². The molecule has 6 atom stereocenters. The van der Waals surface area contributed by atoms with Gasteiger partial charge in [-0.2, -0.15) is 0 Å². The molecule has 2 aromatic rings. The average Bonchev–Trinajstić information content (AvgIpc) is 3.18. The predicted molar refractivity (Wildman–Crippen MR) is 180 cm³/mol. The van der Waals surface area contributed by atoms with Crippen molar-refractivity contribution in [2.24, 2.45) is 17.8 Å². The van der Waals surface area contributed by atoms with Gasteiger partial charge in [-0.3, -0.25) is 4.79 Å². The van der Waals surface area contributed by atoms with Crippen molar-refractivity contribution in [2.45, 2.75) is 62.6 Å². The van der Waals surface area contributed by atoms with Crippen LogP contribution in [0.25, 0.3) is 0 Å². The molecule has 46 heavy (non-hydrogen) atoms. The molecule has 248 valence electrons. The third kappa shape index (κ3) is 6.57. The van der Waals surface area contributed by atoms with Crippen LogP contribution in [-0.2, 0) is 31.8 Å². The van der Waals surface area contributed by atoms with Gasteiger partial charge < -0.3 is 29.5 Å². The van der Waals surface area contributed by atoms with E-state index in [0.717, 1.165) is 37.8 Å². The summed E-state index contributed by atoms with van der Waals surface area (Å²) in [4.78, 5) is 30.3. The maximum absolute atomic E-state index is 13.3. The van der Waals surface area contributed by atoms with Gasteiger partial charge in [0.25, 0.3) is 0 Å². The van der Waals surface area contributed by atoms with Gasteiger partial charge in [-0.05, 0) is 90.8 Å². The number of benzene rings is 2. The number of carbonyl (C=O) groups excluding carboxylic acids is 2. The summed E-state index contributed by atoms with van der Waals surface area (Å²) < 4.78 is 11.7. The van der Waals surface area contributed by atoms with Crippen LogP contribution in [0.5, 0.6) is 5.75 Å². The molecule has 2 aromatic carbocycles. The van der Waals surface area contributed by atoms with Gasteiger partial charge in [-0.25, -0.2) is 4.79 Å². The van der Waals surface area contributed by atoms with Gasteiger partial charge in [0, 0.05) is 37.1 Å². The highest BCUT2D eigenvalue weighted by Gasteiger charge is 2.46. The van der Waals surface area contributed by atoms with E-state index >= 15 is 0 Å². The SMILES string of the molecule is C=C[C@H](C)CN(C)C(=O)C[C@](O)(C(=O)OC)c1ccc2c(c1)N(C[C@@H]1CC[C@H]1[C@@H](O)C=C)C[C@@]1(CCCc3cc(Cl)ccc31)CO2. The number of methoxy groups -OCH3 is 1. The number of ether oxygens (including phenoxy) is 2. The first-order chi connectivity index (χ1) is 21.9. The Hall–Kier alpha value is -3.33. The molecular weight excluding hydrogens is 604 g/mol. The van der Waals surface area contributed by atoms with Crippen LogP contribution in [0.3, 0.4) is 0 Å². The zero-order valence-corrected chi connectivity index (χ0v) is 28.0. The first kappa shape index (κ1) is 34.0. The Labute approximate surface area is 277 Å². The number of nitrogens with zero attached hydrogens (tertiary/aromatic N) is 2. The molecule has 1 saturated carbocycles. The van der Waals surface area contributed by atoms with Gasteiger partial charge in [-0.1, -0.05) is 42.8 Å². The molecule has 1 amide bonds. The quantitative estimate of drug-likeness (QED) is 0.248. The smallest absolute Gasteiger partial charge is 0.343 e. The number of halogens is 1.